The molecule has 1 aliphatic rings. The summed E-state index contributed by atoms with van der Waals surface area (Å²) < 4.78 is 7.39. The van der Waals surface area contributed by atoms with Crippen LogP contribution in [0.5, 0.6) is 5.75 Å². The van der Waals surface area contributed by atoms with Gasteiger partial charge in [0.15, 0.2) is 0 Å². The summed E-state index contributed by atoms with van der Waals surface area (Å²) in [5.74, 6) is 1.47. The first-order valence-corrected chi connectivity index (χ1v) is 11.0. The number of hydrogen-bond acceptors (Lipinski definition) is 6. The smallest absolute Gasteiger partial charge is 0.272 e. The fourth-order valence-corrected chi connectivity index (χ4v) is 4.15. The zero-order chi connectivity index (χ0) is 22.8. The monoisotopic (exact) mass is 440 g/mol. The number of hydrogen-bond donors (Lipinski definition) is 1. The zero-order valence-electron chi connectivity index (χ0n) is 18.5. The molecule has 2 aromatic heterocycles. The molecule has 0 spiro atoms. The van der Waals surface area contributed by atoms with Crippen molar-refractivity contribution in [3.63, 3.8) is 0 Å². The maximum atomic E-state index is 12.7. The number of fused-ring (bicyclic) bond motifs is 1. The molecule has 1 N–H and O–H groups in total. The Balaban J connectivity index is 1.57. The van der Waals surface area contributed by atoms with Crippen molar-refractivity contribution >= 4 is 11.7 Å². The third-order valence-corrected chi connectivity index (χ3v) is 5.64. The molecule has 1 atom stereocenters. The zero-order valence-corrected chi connectivity index (χ0v) is 18.5. The van der Waals surface area contributed by atoms with Gasteiger partial charge in [0, 0.05) is 23.5 Å². The molecule has 0 aliphatic carbocycles. The van der Waals surface area contributed by atoms with Gasteiger partial charge in [0.05, 0.1) is 24.2 Å². The highest BCUT2D eigenvalue weighted by Crippen LogP contribution is 2.40. The Bertz CT molecular complexity index is 1300. The van der Waals surface area contributed by atoms with Gasteiger partial charge in [-0.1, -0.05) is 49.4 Å². The van der Waals surface area contributed by atoms with Gasteiger partial charge in [-0.25, -0.2) is 4.98 Å². The highest BCUT2D eigenvalue weighted by atomic mass is 16.5. The number of carbonyl (C=O) groups excluding carboxylic acids is 1. The normalized spacial score (nSPS) is 15.1. The Kier molecular flexibility index (Phi) is 5.56. The van der Waals surface area contributed by atoms with E-state index in [-0.39, 0.29) is 11.8 Å². The third kappa shape index (κ3) is 4.07. The van der Waals surface area contributed by atoms with Gasteiger partial charge in [-0.05, 0) is 31.0 Å². The molecule has 0 saturated heterocycles. The van der Waals surface area contributed by atoms with E-state index in [4.69, 9.17) is 4.74 Å². The average Bonchev–Trinajstić information content (AvgIpc) is 3.19. The van der Waals surface area contributed by atoms with Crippen LogP contribution in [0, 0.1) is 6.92 Å². The molecule has 0 bridgehead atoms. The van der Waals surface area contributed by atoms with E-state index in [0.717, 1.165) is 34.6 Å². The van der Waals surface area contributed by atoms with E-state index in [1.54, 1.807) is 10.9 Å². The molecule has 0 saturated carbocycles. The van der Waals surface area contributed by atoms with Gasteiger partial charge in [-0.2, -0.15) is 14.9 Å². The lowest BCUT2D eigenvalue weighted by Gasteiger charge is -2.24. The fraction of sp³-hybridized carbons (Fsp3) is 0.240. The fourth-order valence-electron chi connectivity index (χ4n) is 4.15. The molecular formula is C25H24N6O2. The first-order valence-electron chi connectivity index (χ1n) is 11.0. The number of carbonyl (C=O) groups is 1. The molecule has 0 unspecified atom stereocenters. The summed E-state index contributed by atoms with van der Waals surface area (Å²) >= 11 is 0. The second-order valence-corrected chi connectivity index (χ2v) is 7.99. The highest BCUT2D eigenvalue weighted by molar-refractivity contribution is 5.95. The SMILES string of the molecule is CCCOc1cccc([C@H]2CC(=O)Nc3c2c(C)nn3-c2nncc(-c3ccccc3)n2)c1. The van der Waals surface area contributed by atoms with Crippen molar-refractivity contribution in [2.75, 3.05) is 11.9 Å². The molecule has 166 valence electrons. The maximum Gasteiger partial charge on any atom is 0.272 e. The first-order chi connectivity index (χ1) is 16.1. The van der Waals surface area contributed by atoms with Crippen molar-refractivity contribution in [3.8, 4) is 23.0 Å². The van der Waals surface area contributed by atoms with Gasteiger partial charge in [-0.15, -0.1) is 5.10 Å². The van der Waals surface area contributed by atoms with Crippen LogP contribution in [0.1, 0.15) is 42.5 Å². The minimum atomic E-state index is -0.141. The standard InChI is InChI=1S/C25H24N6O2/c1-3-12-33-19-11-7-10-18(13-19)20-14-22(32)28-24-23(20)16(2)30-31(24)25-27-21(15-26-29-25)17-8-5-4-6-9-17/h4-11,13,15,20H,3,12,14H2,1-2H3,(H,28,32)/t20-/m1/s1. The number of amides is 1. The van der Waals surface area contributed by atoms with E-state index in [9.17, 15) is 4.79 Å². The molecule has 8 heteroatoms. The van der Waals surface area contributed by atoms with Gasteiger partial charge in [-0.3, -0.25) is 4.79 Å². The first kappa shape index (κ1) is 20.8. The molecular weight excluding hydrogens is 416 g/mol. The van der Waals surface area contributed by atoms with Crippen LogP contribution in [-0.2, 0) is 4.79 Å². The summed E-state index contributed by atoms with van der Waals surface area (Å²) in [6.45, 7) is 4.66. The number of benzene rings is 2. The lowest BCUT2D eigenvalue weighted by atomic mass is 9.86. The number of aromatic nitrogens is 5. The largest absolute Gasteiger partial charge is 0.494 e. The molecule has 4 aromatic rings. The van der Waals surface area contributed by atoms with Crippen LogP contribution in [0.3, 0.4) is 0 Å². The van der Waals surface area contributed by atoms with Crippen molar-refractivity contribution in [1.82, 2.24) is 25.0 Å². The Labute approximate surface area is 191 Å². The van der Waals surface area contributed by atoms with Crippen molar-refractivity contribution < 1.29 is 9.53 Å². The van der Waals surface area contributed by atoms with Crippen LogP contribution in [-0.4, -0.2) is 37.5 Å². The highest BCUT2D eigenvalue weighted by Gasteiger charge is 2.33. The molecule has 3 heterocycles. The quantitative estimate of drug-likeness (QED) is 0.480. The minimum Gasteiger partial charge on any atom is -0.494 e. The van der Waals surface area contributed by atoms with Crippen molar-refractivity contribution in [2.24, 2.45) is 0 Å². The summed E-state index contributed by atoms with van der Waals surface area (Å²) in [5.41, 5.74) is 4.39. The van der Waals surface area contributed by atoms with Gasteiger partial charge < -0.3 is 10.1 Å². The molecule has 1 amide bonds. The molecule has 5 rings (SSSR count). The number of anilines is 1. The lowest BCUT2D eigenvalue weighted by molar-refractivity contribution is -0.116. The number of nitrogens with zero attached hydrogens (tertiary/aromatic N) is 5. The maximum absolute atomic E-state index is 12.7. The van der Waals surface area contributed by atoms with Crippen molar-refractivity contribution in [1.29, 1.82) is 0 Å². The predicted molar refractivity (Wildman–Crippen MR) is 124 cm³/mol. The number of nitrogens with one attached hydrogen (secondary N) is 1. The molecule has 0 fully saturated rings. The Morgan fingerprint density at radius 2 is 2.00 bits per heavy atom. The topological polar surface area (TPSA) is 94.8 Å². The Morgan fingerprint density at radius 3 is 2.82 bits per heavy atom. The van der Waals surface area contributed by atoms with E-state index in [0.29, 0.717) is 30.5 Å². The average molecular weight is 441 g/mol. The van der Waals surface area contributed by atoms with Crippen LogP contribution >= 0.6 is 0 Å². The van der Waals surface area contributed by atoms with Gasteiger partial charge in [0.1, 0.15) is 11.6 Å². The summed E-state index contributed by atoms with van der Waals surface area (Å²) in [5, 5.41) is 16.0. The van der Waals surface area contributed by atoms with Crippen molar-refractivity contribution in [2.45, 2.75) is 32.6 Å². The predicted octanol–water partition coefficient (Wildman–Crippen LogP) is 4.30. The Morgan fingerprint density at radius 1 is 1.15 bits per heavy atom. The summed E-state index contributed by atoms with van der Waals surface area (Å²) in [6, 6.07) is 17.7. The summed E-state index contributed by atoms with van der Waals surface area (Å²) in [7, 11) is 0. The van der Waals surface area contributed by atoms with E-state index in [1.807, 2.05) is 61.5 Å². The van der Waals surface area contributed by atoms with Crippen LogP contribution in [0.4, 0.5) is 5.82 Å². The number of aryl methyl sites for hydroxylation is 1. The second-order valence-electron chi connectivity index (χ2n) is 7.99. The van der Waals surface area contributed by atoms with Gasteiger partial charge in [0.2, 0.25) is 5.91 Å². The Hall–Kier alpha value is -4.07. The van der Waals surface area contributed by atoms with E-state index in [1.165, 1.54) is 0 Å². The summed E-state index contributed by atoms with van der Waals surface area (Å²) in [4.78, 5) is 17.4. The molecule has 0 radical (unpaired) electrons. The van der Waals surface area contributed by atoms with Crippen LogP contribution in [0.15, 0.2) is 60.8 Å². The van der Waals surface area contributed by atoms with E-state index >= 15 is 0 Å². The molecule has 2 aromatic carbocycles. The second kappa shape index (κ2) is 8.82. The lowest BCUT2D eigenvalue weighted by Crippen LogP contribution is -2.25. The van der Waals surface area contributed by atoms with Gasteiger partial charge >= 0.3 is 0 Å². The van der Waals surface area contributed by atoms with Crippen LogP contribution < -0.4 is 10.1 Å². The molecule has 33 heavy (non-hydrogen) atoms. The number of ether oxygens (including phenoxy) is 1. The van der Waals surface area contributed by atoms with Crippen LogP contribution in [0.25, 0.3) is 17.2 Å². The van der Waals surface area contributed by atoms with E-state index < -0.39 is 0 Å². The third-order valence-electron chi connectivity index (χ3n) is 5.64. The number of rotatable bonds is 6. The van der Waals surface area contributed by atoms with Crippen LogP contribution in [0.2, 0.25) is 0 Å². The van der Waals surface area contributed by atoms with Crippen molar-refractivity contribution in [3.05, 3.63) is 77.6 Å². The minimum absolute atomic E-state index is 0.0827. The molecule has 1 aliphatic heterocycles. The van der Waals surface area contributed by atoms with Gasteiger partial charge in [0.25, 0.3) is 5.95 Å². The summed E-state index contributed by atoms with van der Waals surface area (Å²) in [6.07, 6.45) is 2.88. The molecule has 8 nitrogen and oxygen atoms in total. The van der Waals surface area contributed by atoms with E-state index in [2.05, 4.69) is 32.5 Å².